The summed E-state index contributed by atoms with van der Waals surface area (Å²) >= 11 is 0. The van der Waals surface area contributed by atoms with Crippen LogP contribution in [0.5, 0.6) is 0 Å². The van der Waals surface area contributed by atoms with Gasteiger partial charge in [-0.15, -0.1) is 0 Å². The molecule has 1 amide bonds. The number of hydrogen-bond donors (Lipinski definition) is 3. The highest BCUT2D eigenvalue weighted by atomic mass is 16.5. The standard InChI is InChI=1S/C19H29N5O2/c1-3-7-16(20)19(25)23-18-13-24(14-22-18)17-9-6-5-8-15(17)12-21-10-11-26-4-2/h5-6,8-9,13-14,16,21H,3-4,7,10-12,20H2,1-2H3,(H,23,25)/t16-/m0/s1. The summed E-state index contributed by atoms with van der Waals surface area (Å²) in [6.07, 6.45) is 5.02. The normalized spacial score (nSPS) is 12.1. The Balaban J connectivity index is 2.01. The van der Waals surface area contributed by atoms with Gasteiger partial charge in [0.1, 0.15) is 6.33 Å². The van der Waals surface area contributed by atoms with Crippen molar-refractivity contribution in [2.75, 3.05) is 25.1 Å². The third-order valence-corrected chi connectivity index (χ3v) is 3.98. The zero-order valence-corrected chi connectivity index (χ0v) is 15.6. The predicted octanol–water partition coefficient (Wildman–Crippen LogP) is 2.06. The minimum atomic E-state index is -0.507. The molecule has 0 saturated carbocycles. The highest BCUT2D eigenvalue weighted by molar-refractivity contribution is 5.93. The number of amides is 1. The topological polar surface area (TPSA) is 94.2 Å². The van der Waals surface area contributed by atoms with E-state index < -0.39 is 6.04 Å². The van der Waals surface area contributed by atoms with Crippen molar-refractivity contribution in [3.8, 4) is 5.69 Å². The van der Waals surface area contributed by atoms with Crippen molar-refractivity contribution in [3.63, 3.8) is 0 Å². The van der Waals surface area contributed by atoms with Crippen LogP contribution in [0.4, 0.5) is 5.82 Å². The number of imidazole rings is 1. The van der Waals surface area contributed by atoms with Gasteiger partial charge in [0, 0.05) is 19.7 Å². The summed E-state index contributed by atoms with van der Waals surface area (Å²) in [6.45, 7) is 6.93. The summed E-state index contributed by atoms with van der Waals surface area (Å²) in [5.41, 5.74) is 8.00. The van der Waals surface area contributed by atoms with Crippen LogP contribution >= 0.6 is 0 Å². The third kappa shape index (κ3) is 5.94. The number of nitrogens with one attached hydrogen (secondary N) is 2. The quantitative estimate of drug-likeness (QED) is 0.534. The van der Waals surface area contributed by atoms with Crippen molar-refractivity contribution in [2.45, 2.75) is 39.3 Å². The molecule has 0 saturated heterocycles. The molecule has 142 valence electrons. The van der Waals surface area contributed by atoms with Crippen molar-refractivity contribution in [3.05, 3.63) is 42.4 Å². The smallest absolute Gasteiger partial charge is 0.242 e. The van der Waals surface area contributed by atoms with Crippen LogP contribution in [0.25, 0.3) is 5.69 Å². The van der Waals surface area contributed by atoms with Gasteiger partial charge in [-0.3, -0.25) is 4.79 Å². The number of nitrogens with two attached hydrogens (primary N) is 1. The highest BCUT2D eigenvalue weighted by Gasteiger charge is 2.14. The Kier molecular flexibility index (Phi) is 8.27. The van der Waals surface area contributed by atoms with Gasteiger partial charge >= 0.3 is 0 Å². The minimum absolute atomic E-state index is 0.206. The van der Waals surface area contributed by atoms with E-state index in [1.807, 2.05) is 36.6 Å². The van der Waals surface area contributed by atoms with Gasteiger partial charge in [-0.1, -0.05) is 31.5 Å². The molecule has 7 heteroatoms. The first kappa shape index (κ1) is 20.1. The molecule has 0 radical (unpaired) electrons. The lowest BCUT2D eigenvalue weighted by atomic mass is 10.1. The number of benzene rings is 1. The number of carbonyl (C=O) groups is 1. The molecule has 0 bridgehead atoms. The number of para-hydroxylation sites is 1. The number of anilines is 1. The third-order valence-electron chi connectivity index (χ3n) is 3.98. The van der Waals surface area contributed by atoms with Gasteiger partial charge in [0.2, 0.25) is 5.91 Å². The van der Waals surface area contributed by atoms with Crippen LogP contribution in [0.1, 0.15) is 32.3 Å². The summed E-state index contributed by atoms with van der Waals surface area (Å²) < 4.78 is 7.24. The van der Waals surface area contributed by atoms with E-state index in [1.165, 1.54) is 0 Å². The van der Waals surface area contributed by atoms with E-state index in [1.54, 1.807) is 12.5 Å². The first-order valence-corrected chi connectivity index (χ1v) is 9.12. The zero-order chi connectivity index (χ0) is 18.8. The Morgan fingerprint density at radius 3 is 2.92 bits per heavy atom. The number of aromatic nitrogens is 2. The SMILES string of the molecule is CCC[C@H](N)C(=O)Nc1cn(-c2ccccc2CNCCOCC)cn1. The van der Waals surface area contributed by atoms with Crippen molar-refractivity contribution >= 4 is 11.7 Å². The number of rotatable bonds is 11. The van der Waals surface area contributed by atoms with Crippen molar-refractivity contribution < 1.29 is 9.53 Å². The van der Waals surface area contributed by atoms with Crippen LogP contribution in [-0.4, -0.2) is 41.3 Å². The highest BCUT2D eigenvalue weighted by Crippen LogP contribution is 2.16. The van der Waals surface area contributed by atoms with Crippen LogP contribution in [-0.2, 0) is 16.1 Å². The molecule has 0 aliphatic heterocycles. The lowest BCUT2D eigenvalue weighted by Gasteiger charge is -2.11. The largest absolute Gasteiger partial charge is 0.380 e. The number of nitrogens with zero attached hydrogens (tertiary/aromatic N) is 2. The van der Waals surface area contributed by atoms with Crippen molar-refractivity contribution in [1.82, 2.24) is 14.9 Å². The molecule has 7 nitrogen and oxygen atoms in total. The van der Waals surface area contributed by atoms with E-state index in [0.717, 1.165) is 37.4 Å². The van der Waals surface area contributed by atoms with Gasteiger partial charge in [-0.2, -0.15) is 0 Å². The molecule has 1 atom stereocenters. The molecule has 0 aliphatic carbocycles. The Bertz CT molecular complexity index is 686. The van der Waals surface area contributed by atoms with E-state index >= 15 is 0 Å². The maximum atomic E-state index is 12.0. The number of ether oxygens (including phenoxy) is 1. The maximum absolute atomic E-state index is 12.0. The van der Waals surface area contributed by atoms with Crippen LogP contribution in [0, 0.1) is 0 Å². The maximum Gasteiger partial charge on any atom is 0.242 e. The summed E-state index contributed by atoms with van der Waals surface area (Å²) in [6, 6.07) is 7.57. The fraction of sp³-hybridized carbons (Fsp3) is 0.474. The van der Waals surface area contributed by atoms with Gasteiger partial charge in [0.25, 0.3) is 0 Å². The van der Waals surface area contributed by atoms with Gasteiger partial charge in [-0.05, 0) is 25.0 Å². The summed E-state index contributed by atoms with van der Waals surface area (Å²) in [7, 11) is 0. The number of carbonyl (C=O) groups excluding carboxylic acids is 1. The Morgan fingerprint density at radius 2 is 2.15 bits per heavy atom. The Labute approximate surface area is 154 Å². The second kappa shape index (κ2) is 10.7. The lowest BCUT2D eigenvalue weighted by Crippen LogP contribution is -2.35. The minimum Gasteiger partial charge on any atom is -0.380 e. The number of hydrogen-bond acceptors (Lipinski definition) is 5. The molecule has 2 aromatic rings. The van der Waals surface area contributed by atoms with Crippen molar-refractivity contribution in [1.29, 1.82) is 0 Å². The lowest BCUT2D eigenvalue weighted by molar-refractivity contribution is -0.117. The molecule has 2 rings (SSSR count). The van der Waals surface area contributed by atoms with E-state index in [2.05, 4.69) is 21.7 Å². The first-order valence-electron chi connectivity index (χ1n) is 9.12. The summed E-state index contributed by atoms with van der Waals surface area (Å²) in [5.74, 6) is 0.295. The molecular formula is C19H29N5O2. The molecule has 1 heterocycles. The summed E-state index contributed by atoms with van der Waals surface area (Å²) in [4.78, 5) is 16.3. The summed E-state index contributed by atoms with van der Waals surface area (Å²) in [5, 5.41) is 6.14. The van der Waals surface area contributed by atoms with E-state index in [4.69, 9.17) is 10.5 Å². The molecule has 4 N–H and O–H groups in total. The van der Waals surface area contributed by atoms with Crippen LogP contribution in [0.2, 0.25) is 0 Å². The van der Waals surface area contributed by atoms with Crippen LogP contribution < -0.4 is 16.4 Å². The zero-order valence-electron chi connectivity index (χ0n) is 15.6. The van der Waals surface area contributed by atoms with E-state index in [-0.39, 0.29) is 5.91 Å². The van der Waals surface area contributed by atoms with Crippen LogP contribution in [0.3, 0.4) is 0 Å². The molecule has 1 aromatic heterocycles. The van der Waals surface area contributed by atoms with Gasteiger partial charge in [0.05, 0.1) is 24.5 Å². The molecule has 0 aliphatic rings. The van der Waals surface area contributed by atoms with E-state index in [9.17, 15) is 4.79 Å². The van der Waals surface area contributed by atoms with Gasteiger partial charge < -0.3 is 25.7 Å². The average molecular weight is 359 g/mol. The molecule has 1 aromatic carbocycles. The molecule has 0 fully saturated rings. The average Bonchev–Trinajstić information content (AvgIpc) is 3.10. The molecular weight excluding hydrogens is 330 g/mol. The van der Waals surface area contributed by atoms with Crippen molar-refractivity contribution in [2.24, 2.45) is 5.73 Å². The second-order valence-corrected chi connectivity index (χ2v) is 6.05. The fourth-order valence-corrected chi connectivity index (χ4v) is 2.60. The Hall–Kier alpha value is -2.22. The molecule has 0 unspecified atom stereocenters. The van der Waals surface area contributed by atoms with Gasteiger partial charge in [0.15, 0.2) is 5.82 Å². The fourth-order valence-electron chi connectivity index (χ4n) is 2.60. The van der Waals surface area contributed by atoms with Gasteiger partial charge in [-0.25, -0.2) is 4.98 Å². The predicted molar refractivity (Wildman–Crippen MR) is 103 cm³/mol. The van der Waals surface area contributed by atoms with E-state index in [0.29, 0.717) is 18.8 Å². The Morgan fingerprint density at radius 1 is 1.35 bits per heavy atom. The monoisotopic (exact) mass is 359 g/mol. The first-order chi connectivity index (χ1) is 12.7. The second-order valence-electron chi connectivity index (χ2n) is 6.05. The molecule has 0 spiro atoms. The van der Waals surface area contributed by atoms with Crippen LogP contribution in [0.15, 0.2) is 36.8 Å². The molecule has 26 heavy (non-hydrogen) atoms.